The average molecular weight is 273 g/mol. The topological polar surface area (TPSA) is 21.3 Å². The summed E-state index contributed by atoms with van der Waals surface area (Å²) in [5.74, 6) is 0. The Bertz CT molecular complexity index is 431. The van der Waals surface area contributed by atoms with Gasteiger partial charge in [0.25, 0.3) is 0 Å². The molecule has 1 aromatic carbocycles. The van der Waals surface area contributed by atoms with Gasteiger partial charge in [-0.1, -0.05) is 43.5 Å². The fraction of sp³-hybridized carbons (Fsp3) is 0.667. The predicted molar refractivity (Wildman–Crippen MR) is 82.8 cm³/mol. The summed E-state index contributed by atoms with van der Waals surface area (Å²) >= 11 is 0. The molecule has 2 heteroatoms. The lowest BCUT2D eigenvalue weighted by Crippen LogP contribution is -2.47. The number of aryl methyl sites for hydroxylation is 1. The van der Waals surface area contributed by atoms with E-state index in [1.807, 2.05) is 0 Å². The van der Waals surface area contributed by atoms with Crippen molar-refractivity contribution in [3.05, 3.63) is 35.4 Å². The highest BCUT2D eigenvalue weighted by Gasteiger charge is 2.38. The predicted octanol–water partition coefficient (Wildman–Crippen LogP) is 3.97. The van der Waals surface area contributed by atoms with Gasteiger partial charge in [0, 0.05) is 19.2 Å². The number of nitrogens with one attached hydrogen (secondary N) is 1. The van der Waals surface area contributed by atoms with Crippen LogP contribution in [0.15, 0.2) is 24.3 Å². The van der Waals surface area contributed by atoms with E-state index in [1.165, 1.54) is 49.7 Å². The largest absolute Gasteiger partial charge is 0.375 e. The number of benzene rings is 1. The quantitative estimate of drug-likeness (QED) is 0.900. The zero-order chi connectivity index (χ0) is 13.8. The Labute approximate surface area is 122 Å². The lowest BCUT2D eigenvalue weighted by molar-refractivity contribution is -0.109. The highest BCUT2D eigenvalue weighted by Crippen LogP contribution is 2.38. The van der Waals surface area contributed by atoms with E-state index in [-0.39, 0.29) is 5.60 Å². The molecule has 2 nitrogen and oxygen atoms in total. The molecule has 0 radical (unpaired) electrons. The summed E-state index contributed by atoms with van der Waals surface area (Å²) in [6, 6.07) is 9.31. The second-order valence-corrected chi connectivity index (χ2v) is 6.59. The Kier molecular flexibility index (Phi) is 4.42. The molecule has 1 aromatic rings. The van der Waals surface area contributed by atoms with Crippen LogP contribution >= 0.6 is 0 Å². The minimum atomic E-state index is 0.208. The van der Waals surface area contributed by atoms with Crippen LogP contribution in [-0.4, -0.2) is 18.2 Å². The molecule has 1 aliphatic heterocycles. The molecule has 1 saturated carbocycles. The monoisotopic (exact) mass is 273 g/mol. The average Bonchev–Trinajstić information content (AvgIpc) is 2.47. The van der Waals surface area contributed by atoms with Crippen molar-refractivity contribution in [2.24, 2.45) is 0 Å². The van der Waals surface area contributed by atoms with Crippen molar-refractivity contribution in [1.82, 2.24) is 5.32 Å². The van der Waals surface area contributed by atoms with Gasteiger partial charge >= 0.3 is 0 Å². The molecule has 1 aliphatic carbocycles. The molecular formula is C18H27NO. The molecule has 1 heterocycles. The normalized spacial score (nSPS) is 25.8. The summed E-state index contributed by atoms with van der Waals surface area (Å²) in [4.78, 5) is 0. The van der Waals surface area contributed by atoms with Crippen molar-refractivity contribution >= 4 is 0 Å². The zero-order valence-electron chi connectivity index (χ0n) is 12.7. The van der Waals surface area contributed by atoms with Crippen molar-refractivity contribution in [1.29, 1.82) is 0 Å². The highest BCUT2D eigenvalue weighted by atomic mass is 16.5. The highest BCUT2D eigenvalue weighted by molar-refractivity contribution is 5.25. The molecule has 1 N–H and O–H groups in total. The summed E-state index contributed by atoms with van der Waals surface area (Å²) in [7, 11) is 0. The van der Waals surface area contributed by atoms with Crippen LogP contribution in [0.5, 0.6) is 0 Å². The van der Waals surface area contributed by atoms with Crippen molar-refractivity contribution in [2.75, 3.05) is 6.61 Å². The summed E-state index contributed by atoms with van der Waals surface area (Å²) in [5.41, 5.74) is 3.02. The van der Waals surface area contributed by atoms with Gasteiger partial charge in [-0.05, 0) is 43.7 Å². The van der Waals surface area contributed by atoms with Crippen LogP contribution in [0.2, 0.25) is 0 Å². The maximum absolute atomic E-state index is 6.17. The van der Waals surface area contributed by atoms with Crippen molar-refractivity contribution in [3.63, 3.8) is 0 Å². The van der Waals surface area contributed by atoms with Crippen LogP contribution in [0, 0.1) is 6.92 Å². The smallest absolute Gasteiger partial charge is 0.0697 e. The molecule has 1 spiro atoms. The van der Waals surface area contributed by atoms with E-state index in [2.05, 4.69) is 36.5 Å². The van der Waals surface area contributed by atoms with Crippen molar-refractivity contribution < 1.29 is 4.74 Å². The SMILES string of the molecule is Cc1ccccc1CNC1CCOC2(CCCCC2)C1. The molecule has 110 valence electrons. The van der Waals surface area contributed by atoms with Crippen molar-refractivity contribution in [2.45, 2.75) is 70.1 Å². The van der Waals surface area contributed by atoms with Crippen molar-refractivity contribution in [3.8, 4) is 0 Å². The Hall–Kier alpha value is -0.860. The molecule has 1 atom stereocenters. The van der Waals surface area contributed by atoms with Crippen LogP contribution in [0.3, 0.4) is 0 Å². The standard InChI is InChI=1S/C18H27NO/c1-15-7-3-4-8-16(15)14-19-17-9-12-20-18(13-17)10-5-2-6-11-18/h3-4,7-8,17,19H,2,5-6,9-14H2,1H3. The van der Waals surface area contributed by atoms with E-state index in [9.17, 15) is 0 Å². The Balaban J connectivity index is 1.56. The molecule has 1 saturated heterocycles. The van der Waals surface area contributed by atoms with Gasteiger partial charge in [0.2, 0.25) is 0 Å². The third kappa shape index (κ3) is 3.24. The summed E-state index contributed by atoms with van der Waals surface area (Å²) < 4.78 is 6.17. The summed E-state index contributed by atoms with van der Waals surface area (Å²) in [6.45, 7) is 4.13. The molecule has 1 unspecified atom stereocenters. The number of hydrogen-bond acceptors (Lipinski definition) is 2. The minimum Gasteiger partial charge on any atom is -0.375 e. The summed E-state index contributed by atoms with van der Waals surface area (Å²) in [5, 5.41) is 3.77. The van der Waals surface area contributed by atoms with E-state index in [1.54, 1.807) is 0 Å². The molecule has 2 fully saturated rings. The Morgan fingerprint density at radius 1 is 1.20 bits per heavy atom. The van der Waals surface area contributed by atoms with Gasteiger partial charge in [0.15, 0.2) is 0 Å². The maximum Gasteiger partial charge on any atom is 0.0697 e. The van der Waals surface area contributed by atoms with Crippen LogP contribution < -0.4 is 5.32 Å². The number of ether oxygens (including phenoxy) is 1. The first-order valence-corrected chi connectivity index (χ1v) is 8.19. The second-order valence-electron chi connectivity index (χ2n) is 6.59. The van der Waals surface area contributed by atoms with Gasteiger partial charge in [0.1, 0.15) is 0 Å². The molecule has 0 amide bonds. The Morgan fingerprint density at radius 2 is 2.00 bits per heavy atom. The first-order valence-electron chi connectivity index (χ1n) is 8.19. The Morgan fingerprint density at radius 3 is 2.80 bits per heavy atom. The van der Waals surface area contributed by atoms with Gasteiger partial charge in [-0.15, -0.1) is 0 Å². The van der Waals surface area contributed by atoms with Gasteiger partial charge in [0.05, 0.1) is 5.60 Å². The van der Waals surface area contributed by atoms with Gasteiger partial charge in [-0.3, -0.25) is 0 Å². The van der Waals surface area contributed by atoms with Crippen LogP contribution in [-0.2, 0) is 11.3 Å². The minimum absolute atomic E-state index is 0.208. The maximum atomic E-state index is 6.17. The van der Waals surface area contributed by atoms with E-state index in [0.717, 1.165) is 19.6 Å². The summed E-state index contributed by atoms with van der Waals surface area (Å²) in [6.07, 6.45) is 9.01. The first kappa shape index (κ1) is 14.1. The third-order valence-corrected chi connectivity index (χ3v) is 5.10. The molecule has 0 bridgehead atoms. The molecule has 0 aromatic heterocycles. The molecule has 20 heavy (non-hydrogen) atoms. The van der Waals surface area contributed by atoms with Crippen LogP contribution in [0.25, 0.3) is 0 Å². The molecule has 3 rings (SSSR count). The van der Waals surface area contributed by atoms with Gasteiger partial charge < -0.3 is 10.1 Å². The lowest BCUT2D eigenvalue weighted by atomic mass is 9.78. The third-order valence-electron chi connectivity index (χ3n) is 5.10. The fourth-order valence-electron chi connectivity index (χ4n) is 3.81. The van der Waals surface area contributed by atoms with E-state index in [4.69, 9.17) is 4.74 Å². The van der Waals surface area contributed by atoms with E-state index in [0.29, 0.717) is 6.04 Å². The van der Waals surface area contributed by atoms with E-state index >= 15 is 0 Å². The number of hydrogen-bond donors (Lipinski definition) is 1. The lowest BCUT2D eigenvalue weighted by Gasteiger charge is -2.43. The van der Waals surface area contributed by atoms with Gasteiger partial charge in [-0.2, -0.15) is 0 Å². The second kappa shape index (κ2) is 6.28. The van der Waals surface area contributed by atoms with Crippen LogP contribution in [0.1, 0.15) is 56.1 Å². The molecular weight excluding hydrogens is 246 g/mol. The number of rotatable bonds is 3. The van der Waals surface area contributed by atoms with E-state index < -0.39 is 0 Å². The molecule has 2 aliphatic rings. The zero-order valence-corrected chi connectivity index (χ0v) is 12.7. The van der Waals surface area contributed by atoms with Gasteiger partial charge in [-0.25, -0.2) is 0 Å². The first-order chi connectivity index (χ1) is 9.77. The fourth-order valence-corrected chi connectivity index (χ4v) is 3.81. The van der Waals surface area contributed by atoms with Crippen LogP contribution in [0.4, 0.5) is 0 Å².